The van der Waals surface area contributed by atoms with Crippen LogP contribution in [0, 0.1) is 6.92 Å². The minimum atomic E-state index is -1.10. The molecular formula is C27H24N2O5S. The maximum absolute atomic E-state index is 12.9. The van der Waals surface area contributed by atoms with Gasteiger partial charge in [0.05, 0.1) is 23.3 Å². The normalized spacial score (nSPS) is 11.6. The number of esters is 2. The Morgan fingerprint density at radius 1 is 0.971 bits per heavy atom. The molecule has 1 amide bonds. The smallest absolute Gasteiger partial charge is 0.341 e. The number of aryl methyl sites for hydroxylation is 1. The highest BCUT2D eigenvalue weighted by molar-refractivity contribution is 7.20. The third kappa shape index (κ3) is 5.38. The highest BCUT2D eigenvalue weighted by atomic mass is 32.1. The van der Waals surface area contributed by atoms with Gasteiger partial charge in [0.25, 0.3) is 5.91 Å². The number of carbonyl (C=O) groups excluding carboxylic acids is 3. The standard InChI is InChI=1S/C27H24N2O5S/c1-4-33-26(31)21-15-23(18-10-6-5-7-11-18)35-25(21)29-24(30)17(3)34-27(32)20-14-16(2)28-22-13-9-8-12-19(20)22/h5-15,17H,4H2,1-3H3,(H,29,30). The summed E-state index contributed by atoms with van der Waals surface area (Å²) in [6.45, 7) is 5.19. The Kier molecular flexibility index (Phi) is 7.22. The van der Waals surface area contributed by atoms with E-state index >= 15 is 0 Å². The summed E-state index contributed by atoms with van der Waals surface area (Å²) in [6.07, 6.45) is -1.10. The maximum Gasteiger partial charge on any atom is 0.341 e. The number of hydrogen-bond acceptors (Lipinski definition) is 7. The number of nitrogens with one attached hydrogen (secondary N) is 1. The molecule has 35 heavy (non-hydrogen) atoms. The van der Waals surface area contributed by atoms with Crippen LogP contribution in [0.3, 0.4) is 0 Å². The highest BCUT2D eigenvalue weighted by Crippen LogP contribution is 2.36. The molecule has 2 aromatic carbocycles. The van der Waals surface area contributed by atoms with Gasteiger partial charge in [-0.1, -0.05) is 48.5 Å². The molecule has 1 unspecified atom stereocenters. The van der Waals surface area contributed by atoms with Crippen molar-refractivity contribution in [2.45, 2.75) is 26.9 Å². The summed E-state index contributed by atoms with van der Waals surface area (Å²) in [5.74, 6) is -1.72. The van der Waals surface area contributed by atoms with Crippen molar-refractivity contribution < 1.29 is 23.9 Å². The van der Waals surface area contributed by atoms with Crippen molar-refractivity contribution >= 4 is 45.1 Å². The molecule has 0 fully saturated rings. The Bertz CT molecular complexity index is 1400. The molecule has 0 bridgehead atoms. The minimum Gasteiger partial charge on any atom is -0.462 e. The van der Waals surface area contributed by atoms with Gasteiger partial charge in [-0.05, 0) is 44.5 Å². The molecule has 0 aliphatic heterocycles. The summed E-state index contributed by atoms with van der Waals surface area (Å²) in [7, 11) is 0. The van der Waals surface area contributed by atoms with Gasteiger partial charge < -0.3 is 14.8 Å². The third-order valence-corrected chi connectivity index (χ3v) is 6.34. The number of amides is 1. The summed E-state index contributed by atoms with van der Waals surface area (Å²) in [6, 6.07) is 20.1. The van der Waals surface area contributed by atoms with E-state index in [0.29, 0.717) is 27.2 Å². The van der Waals surface area contributed by atoms with E-state index in [4.69, 9.17) is 9.47 Å². The van der Waals surface area contributed by atoms with Crippen LogP contribution in [0.4, 0.5) is 5.00 Å². The highest BCUT2D eigenvalue weighted by Gasteiger charge is 2.25. The van der Waals surface area contributed by atoms with E-state index in [1.807, 2.05) is 48.5 Å². The molecule has 4 rings (SSSR count). The molecule has 178 valence electrons. The van der Waals surface area contributed by atoms with Crippen LogP contribution >= 0.6 is 11.3 Å². The van der Waals surface area contributed by atoms with Crippen LogP contribution in [0.2, 0.25) is 0 Å². The Balaban J connectivity index is 1.55. The van der Waals surface area contributed by atoms with Gasteiger partial charge in [-0.3, -0.25) is 9.78 Å². The molecule has 0 saturated heterocycles. The van der Waals surface area contributed by atoms with Crippen molar-refractivity contribution in [3.63, 3.8) is 0 Å². The number of carbonyl (C=O) groups is 3. The van der Waals surface area contributed by atoms with Crippen LogP contribution in [-0.2, 0) is 14.3 Å². The quantitative estimate of drug-likeness (QED) is 0.339. The lowest BCUT2D eigenvalue weighted by molar-refractivity contribution is -0.123. The number of para-hydroxylation sites is 1. The Labute approximate surface area is 206 Å². The first-order valence-electron chi connectivity index (χ1n) is 11.1. The van der Waals surface area contributed by atoms with Gasteiger partial charge in [-0.25, -0.2) is 9.59 Å². The molecule has 0 radical (unpaired) electrons. The molecule has 0 spiro atoms. The first-order valence-corrected chi connectivity index (χ1v) is 11.9. The number of aromatic nitrogens is 1. The van der Waals surface area contributed by atoms with Gasteiger partial charge in [-0.2, -0.15) is 0 Å². The summed E-state index contributed by atoms with van der Waals surface area (Å²) in [4.78, 5) is 43.6. The number of thiophene rings is 1. The second-order valence-corrected chi connectivity index (χ2v) is 8.86. The van der Waals surface area contributed by atoms with Crippen LogP contribution < -0.4 is 5.32 Å². The van der Waals surface area contributed by atoms with Gasteiger partial charge in [0.15, 0.2) is 6.10 Å². The SMILES string of the molecule is CCOC(=O)c1cc(-c2ccccc2)sc1NC(=O)C(C)OC(=O)c1cc(C)nc2ccccc12. The summed E-state index contributed by atoms with van der Waals surface area (Å²) in [5.41, 5.74) is 2.82. The molecule has 1 N–H and O–H groups in total. The van der Waals surface area contributed by atoms with Crippen molar-refractivity contribution in [3.05, 3.63) is 83.6 Å². The Hall–Kier alpha value is -4.04. The fourth-order valence-corrected chi connectivity index (χ4v) is 4.61. The van der Waals surface area contributed by atoms with Crippen LogP contribution in [0.1, 0.15) is 40.3 Å². The summed E-state index contributed by atoms with van der Waals surface area (Å²) < 4.78 is 10.6. The maximum atomic E-state index is 12.9. The molecule has 0 aliphatic carbocycles. The fraction of sp³-hybridized carbons (Fsp3) is 0.185. The topological polar surface area (TPSA) is 94.6 Å². The zero-order chi connectivity index (χ0) is 24.9. The summed E-state index contributed by atoms with van der Waals surface area (Å²) >= 11 is 1.25. The first kappa shape index (κ1) is 24.1. The molecule has 0 saturated carbocycles. The molecule has 2 aromatic heterocycles. The number of ether oxygens (including phenoxy) is 2. The average molecular weight is 489 g/mol. The lowest BCUT2D eigenvalue weighted by Crippen LogP contribution is -2.30. The van der Waals surface area contributed by atoms with E-state index in [1.165, 1.54) is 18.3 Å². The van der Waals surface area contributed by atoms with Gasteiger partial charge in [0, 0.05) is 16.0 Å². The van der Waals surface area contributed by atoms with E-state index < -0.39 is 23.9 Å². The molecule has 1 atom stereocenters. The average Bonchev–Trinajstić information content (AvgIpc) is 3.28. The van der Waals surface area contributed by atoms with Crippen LogP contribution in [0.25, 0.3) is 21.3 Å². The monoisotopic (exact) mass is 488 g/mol. The second kappa shape index (κ2) is 10.5. The second-order valence-electron chi connectivity index (χ2n) is 7.81. The predicted octanol–water partition coefficient (Wildman–Crippen LogP) is 5.63. The lowest BCUT2D eigenvalue weighted by atomic mass is 10.1. The van der Waals surface area contributed by atoms with E-state index in [9.17, 15) is 14.4 Å². The van der Waals surface area contributed by atoms with E-state index in [-0.39, 0.29) is 12.2 Å². The Morgan fingerprint density at radius 2 is 1.69 bits per heavy atom. The van der Waals surface area contributed by atoms with Crippen molar-refractivity contribution in [2.75, 3.05) is 11.9 Å². The molecule has 8 heteroatoms. The van der Waals surface area contributed by atoms with Gasteiger partial charge in [-0.15, -0.1) is 11.3 Å². The zero-order valence-corrected chi connectivity index (χ0v) is 20.3. The largest absolute Gasteiger partial charge is 0.462 e. The van der Waals surface area contributed by atoms with Gasteiger partial charge in [0.2, 0.25) is 0 Å². The molecular weight excluding hydrogens is 464 g/mol. The van der Waals surface area contributed by atoms with Gasteiger partial charge in [0.1, 0.15) is 5.00 Å². The molecule has 4 aromatic rings. The van der Waals surface area contributed by atoms with Crippen LogP contribution in [0.15, 0.2) is 66.7 Å². The number of nitrogens with zero attached hydrogens (tertiary/aromatic N) is 1. The molecule has 2 heterocycles. The van der Waals surface area contributed by atoms with E-state index in [2.05, 4.69) is 10.3 Å². The van der Waals surface area contributed by atoms with Crippen molar-refractivity contribution in [3.8, 4) is 10.4 Å². The van der Waals surface area contributed by atoms with E-state index in [0.717, 1.165) is 10.4 Å². The number of fused-ring (bicyclic) bond motifs is 1. The predicted molar refractivity (Wildman–Crippen MR) is 136 cm³/mol. The van der Waals surface area contributed by atoms with Crippen molar-refractivity contribution in [2.24, 2.45) is 0 Å². The summed E-state index contributed by atoms with van der Waals surface area (Å²) in [5, 5.41) is 3.71. The Morgan fingerprint density at radius 3 is 2.43 bits per heavy atom. The van der Waals surface area contributed by atoms with Crippen LogP contribution in [0.5, 0.6) is 0 Å². The molecule has 0 aliphatic rings. The number of benzene rings is 2. The number of pyridine rings is 1. The fourth-order valence-electron chi connectivity index (χ4n) is 3.56. The van der Waals surface area contributed by atoms with Crippen molar-refractivity contribution in [1.82, 2.24) is 4.98 Å². The first-order chi connectivity index (χ1) is 16.9. The minimum absolute atomic E-state index is 0.204. The third-order valence-electron chi connectivity index (χ3n) is 5.24. The number of anilines is 1. The van der Waals surface area contributed by atoms with E-state index in [1.54, 1.807) is 32.0 Å². The van der Waals surface area contributed by atoms with Crippen LogP contribution in [-0.4, -0.2) is 35.5 Å². The number of hydrogen-bond donors (Lipinski definition) is 1. The lowest BCUT2D eigenvalue weighted by Gasteiger charge is -2.14. The van der Waals surface area contributed by atoms with Gasteiger partial charge >= 0.3 is 11.9 Å². The van der Waals surface area contributed by atoms with Crippen molar-refractivity contribution in [1.29, 1.82) is 0 Å². The zero-order valence-electron chi connectivity index (χ0n) is 19.5. The molecule has 7 nitrogen and oxygen atoms in total. The number of rotatable bonds is 7.